The van der Waals surface area contributed by atoms with Gasteiger partial charge >= 0.3 is 0 Å². The van der Waals surface area contributed by atoms with E-state index < -0.39 is 0 Å². The third-order valence-electron chi connectivity index (χ3n) is 4.14. The summed E-state index contributed by atoms with van der Waals surface area (Å²) in [4.78, 5) is 25.3. The first-order valence-corrected chi connectivity index (χ1v) is 7.09. The number of Topliss-reactive ketones (excluding diaryl/α,β-unsaturated/α-hetero) is 1. The lowest BCUT2D eigenvalue weighted by molar-refractivity contribution is -0.144. The van der Waals surface area contributed by atoms with Gasteiger partial charge in [-0.2, -0.15) is 0 Å². The van der Waals surface area contributed by atoms with Gasteiger partial charge < -0.3 is 4.90 Å². The van der Waals surface area contributed by atoms with Crippen molar-refractivity contribution in [1.29, 1.82) is 0 Å². The highest BCUT2D eigenvalue weighted by molar-refractivity contribution is 6.36. The minimum Gasteiger partial charge on any atom is -0.336 e. The van der Waals surface area contributed by atoms with E-state index in [1.54, 1.807) is 4.90 Å². The van der Waals surface area contributed by atoms with Gasteiger partial charge in [-0.1, -0.05) is 32.1 Å². The zero-order chi connectivity index (χ0) is 12.1. The molecule has 0 aromatic carbocycles. The van der Waals surface area contributed by atoms with Crippen LogP contribution in [0.1, 0.15) is 57.8 Å². The Hall–Kier alpha value is -0.860. The van der Waals surface area contributed by atoms with Crippen LogP contribution in [0.15, 0.2) is 0 Å². The molecule has 0 radical (unpaired) electrons. The molecule has 3 heteroatoms. The molecule has 0 aromatic heterocycles. The Morgan fingerprint density at radius 3 is 2.24 bits per heavy atom. The van der Waals surface area contributed by atoms with Crippen molar-refractivity contribution in [2.45, 2.75) is 57.8 Å². The third-order valence-corrected chi connectivity index (χ3v) is 4.14. The zero-order valence-electron chi connectivity index (χ0n) is 10.6. The highest BCUT2D eigenvalue weighted by atomic mass is 16.2. The minimum absolute atomic E-state index is 0.155. The SMILES string of the molecule is O=C(CCC1CCCCC1)C(=O)N1CCCC1. The van der Waals surface area contributed by atoms with Gasteiger partial charge in [0.1, 0.15) is 0 Å². The van der Waals surface area contributed by atoms with E-state index >= 15 is 0 Å². The predicted molar refractivity (Wildman–Crippen MR) is 66.6 cm³/mol. The quantitative estimate of drug-likeness (QED) is 0.705. The van der Waals surface area contributed by atoms with Crippen molar-refractivity contribution in [1.82, 2.24) is 4.90 Å². The average molecular weight is 237 g/mol. The second-order valence-electron chi connectivity index (χ2n) is 5.47. The van der Waals surface area contributed by atoms with E-state index in [1.807, 2.05) is 0 Å². The molecule has 2 aliphatic rings. The van der Waals surface area contributed by atoms with Crippen LogP contribution in [0, 0.1) is 5.92 Å². The fourth-order valence-corrected chi connectivity index (χ4v) is 3.01. The summed E-state index contributed by atoms with van der Waals surface area (Å²) >= 11 is 0. The summed E-state index contributed by atoms with van der Waals surface area (Å²) in [5, 5.41) is 0. The summed E-state index contributed by atoms with van der Waals surface area (Å²) in [5.74, 6) is 0.315. The Kier molecular flexibility index (Phi) is 4.57. The molecule has 0 aromatic rings. The summed E-state index contributed by atoms with van der Waals surface area (Å²) in [5.41, 5.74) is 0. The van der Waals surface area contributed by atoms with Gasteiger partial charge in [0, 0.05) is 19.5 Å². The lowest BCUT2D eigenvalue weighted by Crippen LogP contribution is -2.34. The van der Waals surface area contributed by atoms with Crippen molar-refractivity contribution in [2.24, 2.45) is 5.92 Å². The van der Waals surface area contributed by atoms with Gasteiger partial charge in [-0.3, -0.25) is 9.59 Å². The molecule has 1 aliphatic carbocycles. The van der Waals surface area contributed by atoms with Crippen LogP contribution >= 0.6 is 0 Å². The molecule has 96 valence electrons. The number of nitrogens with zero attached hydrogens (tertiary/aromatic N) is 1. The van der Waals surface area contributed by atoms with E-state index in [1.165, 1.54) is 32.1 Å². The standard InChI is InChI=1S/C14H23NO2/c16-13(14(17)15-10-4-5-11-15)9-8-12-6-2-1-3-7-12/h12H,1-11H2. The van der Waals surface area contributed by atoms with E-state index in [0.717, 1.165) is 32.4 Å². The number of likely N-dealkylation sites (tertiary alicyclic amines) is 1. The fraction of sp³-hybridized carbons (Fsp3) is 0.857. The molecule has 2 rings (SSSR count). The maximum absolute atomic E-state index is 11.8. The lowest BCUT2D eigenvalue weighted by Gasteiger charge is -2.21. The number of amides is 1. The van der Waals surface area contributed by atoms with Crippen molar-refractivity contribution in [3.8, 4) is 0 Å². The van der Waals surface area contributed by atoms with Gasteiger partial charge in [0.25, 0.3) is 5.91 Å². The average Bonchev–Trinajstić information content (AvgIpc) is 2.90. The van der Waals surface area contributed by atoms with Crippen LogP contribution in [0.4, 0.5) is 0 Å². The van der Waals surface area contributed by atoms with Crippen LogP contribution in [0.3, 0.4) is 0 Å². The molecule has 0 unspecified atom stereocenters. The molecule has 1 amide bonds. The molecule has 2 fully saturated rings. The van der Waals surface area contributed by atoms with Crippen LogP contribution in [-0.4, -0.2) is 29.7 Å². The third kappa shape index (κ3) is 3.55. The Balaban J connectivity index is 1.70. The van der Waals surface area contributed by atoms with Crippen LogP contribution in [0.5, 0.6) is 0 Å². The van der Waals surface area contributed by atoms with E-state index in [2.05, 4.69) is 0 Å². The zero-order valence-corrected chi connectivity index (χ0v) is 10.6. The second kappa shape index (κ2) is 6.18. The Labute approximate surface area is 104 Å². The molecule has 17 heavy (non-hydrogen) atoms. The number of carbonyl (C=O) groups is 2. The van der Waals surface area contributed by atoms with Crippen LogP contribution in [-0.2, 0) is 9.59 Å². The molecule has 1 saturated carbocycles. The molecular formula is C14H23NO2. The highest BCUT2D eigenvalue weighted by Gasteiger charge is 2.25. The van der Waals surface area contributed by atoms with Crippen molar-refractivity contribution in [3.63, 3.8) is 0 Å². The number of rotatable bonds is 4. The monoisotopic (exact) mass is 237 g/mol. The normalized spacial score (nSPS) is 21.8. The summed E-state index contributed by atoms with van der Waals surface area (Å²) in [6, 6.07) is 0. The summed E-state index contributed by atoms with van der Waals surface area (Å²) in [6.45, 7) is 1.57. The first-order chi connectivity index (χ1) is 8.27. The molecule has 3 nitrogen and oxygen atoms in total. The molecule has 1 saturated heterocycles. The van der Waals surface area contributed by atoms with Crippen molar-refractivity contribution >= 4 is 11.7 Å². The molecule has 0 spiro atoms. The summed E-state index contributed by atoms with van der Waals surface area (Å²) in [7, 11) is 0. The van der Waals surface area contributed by atoms with E-state index in [-0.39, 0.29) is 11.7 Å². The molecule has 0 N–H and O–H groups in total. The molecule has 1 heterocycles. The summed E-state index contributed by atoms with van der Waals surface area (Å²) < 4.78 is 0. The van der Waals surface area contributed by atoms with Crippen molar-refractivity contribution < 1.29 is 9.59 Å². The number of carbonyl (C=O) groups excluding carboxylic acids is 2. The molecule has 0 bridgehead atoms. The number of hydrogen-bond donors (Lipinski definition) is 0. The first kappa shape index (κ1) is 12.6. The Morgan fingerprint density at radius 1 is 0.941 bits per heavy atom. The van der Waals surface area contributed by atoms with E-state index in [4.69, 9.17) is 0 Å². The minimum atomic E-state index is -0.224. The van der Waals surface area contributed by atoms with Crippen LogP contribution < -0.4 is 0 Å². The lowest BCUT2D eigenvalue weighted by atomic mass is 9.85. The van der Waals surface area contributed by atoms with Gasteiger partial charge in [-0.25, -0.2) is 0 Å². The van der Waals surface area contributed by atoms with E-state index in [0.29, 0.717) is 12.3 Å². The summed E-state index contributed by atoms with van der Waals surface area (Å²) in [6.07, 6.45) is 9.98. The molecule has 1 aliphatic heterocycles. The van der Waals surface area contributed by atoms with Crippen molar-refractivity contribution in [3.05, 3.63) is 0 Å². The number of ketones is 1. The fourth-order valence-electron chi connectivity index (χ4n) is 3.01. The van der Waals surface area contributed by atoms with Crippen LogP contribution in [0.2, 0.25) is 0 Å². The molecule has 0 atom stereocenters. The van der Waals surface area contributed by atoms with Gasteiger partial charge in [0.2, 0.25) is 5.78 Å². The van der Waals surface area contributed by atoms with Gasteiger partial charge in [0.15, 0.2) is 0 Å². The van der Waals surface area contributed by atoms with Gasteiger partial charge in [-0.05, 0) is 25.2 Å². The van der Waals surface area contributed by atoms with Crippen LogP contribution in [0.25, 0.3) is 0 Å². The maximum atomic E-state index is 11.8. The maximum Gasteiger partial charge on any atom is 0.289 e. The Morgan fingerprint density at radius 2 is 1.59 bits per heavy atom. The topological polar surface area (TPSA) is 37.4 Å². The largest absolute Gasteiger partial charge is 0.336 e. The predicted octanol–water partition coefficient (Wildman–Crippen LogP) is 2.54. The first-order valence-electron chi connectivity index (χ1n) is 7.09. The van der Waals surface area contributed by atoms with Crippen molar-refractivity contribution in [2.75, 3.05) is 13.1 Å². The van der Waals surface area contributed by atoms with E-state index in [9.17, 15) is 9.59 Å². The highest BCUT2D eigenvalue weighted by Crippen LogP contribution is 2.27. The number of hydrogen-bond acceptors (Lipinski definition) is 2. The van der Waals surface area contributed by atoms with Gasteiger partial charge in [0.05, 0.1) is 0 Å². The Bertz CT molecular complexity index is 276. The van der Waals surface area contributed by atoms with Gasteiger partial charge in [-0.15, -0.1) is 0 Å². The smallest absolute Gasteiger partial charge is 0.289 e. The second-order valence-corrected chi connectivity index (χ2v) is 5.47. The molecular weight excluding hydrogens is 214 g/mol.